The van der Waals surface area contributed by atoms with Crippen LogP contribution in [-0.2, 0) is 21.1 Å². The van der Waals surface area contributed by atoms with Gasteiger partial charge in [-0.2, -0.15) is 4.99 Å². The van der Waals surface area contributed by atoms with Gasteiger partial charge in [-0.15, -0.1) is 0 Å². The Morgan fingerprint density at radius 2 is 1.82 bits per heavy atom. The molecule has 0 N–H and O–H groups in total. The van der Waals surface area contributed by atoms with Crippen LogP contribution in [0.3, 0.4) is 0 Å². The number of amidine groups is 1. The molecule has 0 saturated carbocycles. The summed E-state index contributed by atoms with van der Waals surface area (Å²) in [5, 5.41) is 0.137. The number of thioether (sulfide) groups is 1. The summed E-state index contributed by atoms with van der Waals surface area (Å²) in [5.41, 5.74) is 1.30. The number of halogens is 1. The molecule has 4 rings (SSSR count). The minimum atomic E-state index is -3.18. The smallest absolute Gasteiger partial charge is 0.248 e. The number of para-hydroxylation sites is 1. The fourth-order valence-corrected chi connectivity index (χ4v) is 7.48. The molecule has 2 aliphatic heterocycles. The van der Waals surface area contributed by atoms with E-state index in [-0.39, 0.29) is 34.8 Å². The van der Waals surface area contributed by atoms with E-state index in [2.05, 4.69) is 4.99 Å². The van der Waals surface area contributed by atoms with Crippen molar-refractivity contribution in [3.8, 4) is 0 Å². The van der Waals surface area contributed by atoms with Crippen LogP contribution in [0.5, 0.6) is 0 Å². The average molecular weight is 419 g/mol. The molecule has 2 aromatic rings. The number of anilines is 1. The van der Waals surface area contributed by atoms with E-state index < -0.39 is 21.7 Å². The Morgan fingerprint density at radius 3 is 2.57 bits per heavy atom. The molecule has 0 aliphatic carbocycles. The van der Waals surface area contributed by atoms with Gasteiger partial charge in [-0.3, -0.25) is 4.79 Å². The van der Waals surface area contributed by atoms with Crippen LogP contribution in [0.1, 0.15) is 12.0 Å². The quantitative estimate of drug-likeness (QED) is 0.764. The van der Waals surface area contributed by atoms with Crippen molar-refractivity contribution in [3.05, 3.63) is 66.0 Å². The van der Waals surface area contributed by atoms with Gasteiger partial charge in [0.25, 0.3) is 0 Å². The second-order valence-electron chi connectivity index (χ2n) is 6.90. The van der Waals surface area contributed by atoms with E-state index in [1.54, 1.807) is 23.1 Å². The number of carbonyl (C=O) groups is 1. The Kier molecular flexibility index (Phi) is 5.25. The van der Waals surface area contributed by atoms with E-state index >= 15 is 0 Å². The van der Waals surface area contributed by atoms with Gasteiger partial charge in [0.2, 0.25) is 5.91 Å². The number of rotatable bonds is 4. The van der Waals surface area contributed by atoms with Gasteiger partial charge in [0.15, 0.2) is 15.0 Å². The molecule has 0 spiro atoms. The molecule has 5 nitrogen and oxygen atoms in total. The van der Waals surface area contributed by atoms with Crippen LogP contribution in [0.2, 0.25) is 0 Å². The molecular weight excluding hydrogens is 399 g/mol. The Balaban J connectivity index is 1.59. The molecule has 0 unspecified atom stereocenters. The van der Waals surface area contributed by atoms with Crippen LogP contribution in [0, 0.1) is 5.82 Å². The van der Waals surface area contributed by atoms with Gasteiger partial charge >= 0.3 is 0 Å². The Hall–Kier alpha value is -2.19. The maximum absolute atomic E-state index is 14.4. The maximum atomic E-state index is 14.4. The van der Waals surface area contributed by atoms with Crippen molar-refractivity contribution in [1.29, 1.82) is 0 Å². The van der Waals surface area contributed by atoms with Gasteiger partial charge in [0.1, 0.15) is 5.82 Å². The molecule has 2 aliphatic rings. The Morgan fingerprint density at radius 1 is 1.11 bits per heavy atom. The van der Waals surface area contributed by atoms with Gasteiger partial charge in [-0.1, -0.05) is 54.2 Å². The van der Waals surface area contributed by atoms with E-state index in [1.165, 1.54) is 17.8 Å². The third-order valence-corrected chi connectivity index (χ3v) is 8.08. The molecule has 28 heavy (non-hydrogen) atoms. The normalized spacial score (nSPS) is 24.5. The average Bonchev–Trinajstić information content (AvgIpc) is 3.12. The highest BCUT2D eigenvalue weighted by Crippen LogP contribution is 2.41. The van der Waals surface area contributed by atoms with Gasteiger partial charge in [0.05, 0.1) is 23.2 Å². The molecule has 0 bridgehead atoms. The van der Waals surface area contributed by atoms with E-state index in [1.807, 2.05) is 30.3 Å². The summed E-state index contributed by atoms with van der Waals surface area (Å²) < 4.78 is 38.5. The Labute approximate surface area is 167 Å². The molecule has 2 saturated heterocycles. The summed E-state index contributed by atoms with van der Waals surface area (Å²) in [4.78, 5) is 18.3. The second-order valence-corrected chi connectivity index (χ2v) is 10.3. The van der Waals surface area contributed by atoms with Crippen LogP contribution >= 0.6 is 11.8 Å². The number of aliphatic imine (C=N–C) groups is 1. The van der Waals surface area contributed by atoms with Gasteiger partial charge in [-0.05, 0) is 24.1 Å². The predicted octanol–water partition coefficient (Wildman–Crippen LogP) is 3.06. The summed E-state index contributed by atoms with van der Waals surface area (Å²) in [7, 11) is -3.18. The number of fused-ring (bicyclic) bond motifs is 1. The van der Waals surface area contributed by atoms with Crippen molar-refractivity contribution < 1.29 is 17.6 Å². The fraction of sp³-hybridized carbons (Fsp3) is 0.300. The number of amides is 1. The van der Waals surface area contributed by atoms with E-state index in [0.717, 1.165) is 5.56 Å². The van der Waals surface area contributed by atoms with Crippen LogP contribution in [0.25, 0.3) is 0 Å². The minimum Gasteiger partial charge on any atom is -0.313 e. The summed E-state index contributed by atoms with van der Waals surface area (Å²) in [5.74, 6) is -0.797. The second kappa shape index (κ2) is 7.67. The third-order valence-electron chi connectivity index (χ3n) is 4.87. The highest BCUT2D eigenvalue weighted by molar-refractivity contribution is 8.16. The lowest BCUT2D eigenvalue weighted by atomic mass is 10.1. The number of hydrogen-bond acceptors (Lipinski definition) is 4. The van der Waals surface area contributed by atoms with Crippen LogP contribution in [-0.4, -0.2) is 42.3 Å². The predicted molar refractivity (Wildman–Crippen MR) is 110 cm³/mol. The van der Waals surface area contributed by atoms with E-state index in [0.29, 0.717) is 11.6 Å². The fourth-order valence-electron chi connectivity index (χ4n) is 3.55. The first-order chi connectivity index (χ1) is 13.4. The van der Waals surface area contributed by atoms with Gasteiger partial charge in [-0.25, -0.2) is 12.8 Å². The van der Waals surface area contributed by atoms with Gasteiger partial charge in [0, 0.05) is 11.7 Å². The SMILES string of the molecule is O=C(CCc1ccccc1)N=C1S[C@H]2CS(=O)(=O)C[C@@H]2N1c1ccccc1F. The number of benzene rings is 2. The van der Waals surface area contributed by atoms with E-state index in [4.69, 9.17) is 0 Å². The largest absolute Gasteiger partial charge is 0.313 e. The molecule has 2 atom stereocenters. The van der Waals surface area contributed by atoms with Gasteiger partial charge < -0.3 is 4.90 Å². The zero-order chi connectivity index (χ0) is 19.7. The number of aryl methyl sites for hydroxylation is 1. The monoisotopic (exact) mass is 418 g/mol. The third kappa shape index (κ3) is 3.98. The van der Waals surface area contributed by atoms with Crippen molar-refractivity contribution in [2.45, 2.75) is 24.1 Å². The highest BCUT2D eigenvalue weighted by atomic mass is 32.2. The van der Waals surface area contributed by atoms with Crippen molar-refractivity contribution >= 4 is 38.4 Å². The molecule has 0 aromatic heterocycles. The number of hydrogen-bond donors (Lipinski definition) is 0. The molecule has 2 heterocycles. The van der Waals surface area contributed by atoms with Crippen molar-refractivity contribution in [3.63, 3.8) is 0 Å². The summed E-state index contributed by atoms with van der Waals surface area (Å²) >= 11 is 1.25. The topological polar surface area (TPSA) is 66.8 Å². The lowest BCUT2D eigenvalue weighted by molar-refractivity contribution is -0.117. The molecular formula is C20H19FN2O3S2. The molecule has 2 fully saturated rings. The number of nitrogens with zero attached hydrogens (tertiary/aromatic N) is 2. The van der Waals surface area contributed by atoms with Crippen molar-refractivity contribution in [2.24, 2.45) is 4.99 Å². The van der Waals surface area contributed by atoms with Crippen LogP contribution in [0.4, 0.5) is 10.1 Å². The first kappa shape index (κ1) is 19.1. The maximum Gasteiger partial charge on any atom is 0.248 e. The minimum absolute atomic E-state index is 0.0184. The lowest BCUT2D eigenvalue weighted by Crippen LogP contribution is -2.38. The van der Waals surface area contributed by atoms with E-state index in [9.17, 15) is 17.6 Å². The molecule has 1 amide bonds. The molecule has 146 valence electrons. The molecule has 2 aromatic carbocycles. The summed E-state index contributed by atoms with van der Waals surface area (Å²) in [6.45, 7) is 0. The Bertz CT molecular complexity index is 1020. The zero-order valence-corrected chi connectivity index (χ0v) is 16.6. The summed E-state index contributed by atoms with van der Waals surface area (Å²) in [6.07, 6.45) is 0.814. The summed E-state index contributed by atoms with van der Waals surface area (Å²) in [6, 6.07) is 15.4. The van der Waals surface area contributed by atoms with Crippen LogP contribution in [0.15, 0.2) is 59.6 Å². The number of carbonyl (C=O) groups excluding carboxylic acids is 1. The van der Waals surface area contributed by atoms with Crippen molar-refractivity contribution in [1.82, 2.24) is 0 Å². The standard InChI is InChI=1S/C20H19FN2O3S2/c21-15-8-4-5-9-16(15)23-17-12-28(25,26)13-18(17)27-20(23)22-19(24)11-10-14-6-2-1-3-7-14/h1-9,17-18H,10-13H2/t17-,18-/m0/s1. The highest BCUT2D eigenvalue weighted by Gasteiger charge is 2.49. The zero-order valence-electron chi connectivity index (χ0n) is 15.0. The first-order valence-electron chi connectivity index (χ1n) is 8.99. The molecule has 8 heteroatoms. The number of sulfone groups is 1. The first-order valence-corrected chi connectivity index (χ1v) is 11.7. The van der Waals surface area contributed by atoms with Crippen LogP contribution < -0.4 is 4.90 Å². The lowest BCUT2D eigenvalue weighted by Gasteiger charge is -2.24. The van der Waals surface area contributed by atoms with Crippen molar-refractivity contribution in [2.75, 3.05) is 16.4 Å². The molecule has 0 radical (unpaired) electrons.